The quantitative estimate of drug-likeness (QED) is 0.495. The Hall–Kier alpha value is -3.28. The summed E-state index contributed by atoms with van der Waals surface area (Å²) in [6.45, 7) is 1.69. The summed E-state index contributed by atoms with van der Waals surface area (Å²) < 4.78 is 3.37. The monoisotopic (exact) mass is 531 g/mol. The molecule has 1 aromatic carbocycles. The molecule has 0 atom stereocenters. The van der Waals surface area contributed by atoms with Gasteiger partial charge in [0.25, 0.3) is 0 Å². The summed E-state index contributed by atoms with van der Waals surface area (Å²) in [7, 11) is 4.00. The van der Waals surface area contributed by atoms with Crippen molar-refractivity contribution in [1.82, 2.24) is 19.2 Å². The van der Waals surface area contributed by atoms with Crippen molar-refractivity contribution in [3.63, 3.8) is 0 Å². The standard InChI is InChI=1S/C22H24ClN5OS.C2H2O4/c1-26(2)11-12-27-22(29)28-18(25-27)13-24-20(14-7-3-5-9-16(14)23)19-15-8-4-6-10-17(15)30-21(19)28;3-1(4)2(5)6/h3,5,7,9H,4,6,8,10-13H2,1-2H3;(H,3,4)(H,5,6). The molecular weight excluding hydrogens is 506 g/mol. The number of carboxylic acids is 2. The Kier molecular flexibility index (Phi) is 7.72. The predicted molar refractivity (Wildman–Crippen MR) is 137 cm³/mol. The summed E-state index contributed by atoms with van der Waals surface area (Å²) in [6.07, 6.45) is 4.43. The Labute approximate surface area is 216 Å². The molecule has 2 N–H and O–H groups in total. The maximum absolute atomic E-state index is 13.3. The largest absolute Gasteiger partial charge is 0.473 e. The normalized spacial score (nSPS) is 14.1. The molecular formula is C24H26ClN5O5S. The number of nitrogens with zero attached hydrogens (tertiary/aromatic N) is 5. The lowest BCUT2D eigenvalue weighted by molar-refractivity contribution is -0.159. The van der Waals surface area contributed by atoms with Gasteiger partial charge in [0.15, 0.2) is 5.82 Å². The molecule has 0 unspecified atom stereocenters. The number of aromatic nitrogens is 3. The molecule has 0 radical (unpaired) electrons. The maximum atomic E-state index is 13.3. The van der Waals surface area contributed by atoms with E-state index in [4.69, 9.17) is 36.4 Å². The van der Waals surface area contributed by atoms with Gasteiger partial charge in [-0.1, -0.05) is 29.8 Å². The van der Waals surface area contributed by atoms with Crippen LogP contribution < -0.4 is 5.69 Å². The number of benzene rings is 1. The number of aryl methyl sites for hydroxylation is 1. The number of likely N-dealkylation sites (N-methyl/N-ethyl adjacent to an activating group) is 1. The van der Waals surface area contributed by atoms with Crippen LogP contribution in [0.3, 0.4) is 0 Å². The van der Waals surface area contributed by atoms with E-state index in [0.29, 0.717) is 23.9 Å². The van der Waals surface area contributed by atoms with E-state index in [1.54, 1.807) is 20.6 Å². The molecule has 10 nitrogen and oxygen atoms in total. The van der Waals surface area contributed by atoms with Crippen molar-refractivity contribution in [2.75, 3.05) is 20.6 Å². The molecule has 0 amide bonds. The zero-order valence-electron chi connectivity index (χ0n) is 19.9. The molecule has 0 spiro atoms. The Morgan fingerprint density at radius 3 is 2.50 bits per heavy atom. The van der Waals surface area contributed by atoms with E-state index < -0.39 is 11.9 Å². The summed E-state index contributed by atoms with van der Waals surface area (Å²) in [4.78, 5) is 39.9. The first kappa shape index (κ1) is 25.8. The molecule has 0 saturated heterocycles. The molecule has 1 aliphatic heterocycles. The van der Waals surface area contributed by atoms with Gasteiger partial charge in [-0.05, 0) is 51.4 Å². The number of rotatable bonds is 4. The van der Waals surface area contributed by atoms with Gasteiger partial charge in [-0.2, -0.15) is 5.10 Å². The third kappa shape index (κ3) is 5.13. The highest BCUT2D eigenvalue weighted by Gasteiger charge is 2.31. The van der Waals surface area contributed by atoms with E-state index >= 15 is 0 Å². The molecule has 36 heavy (non-hydrogen) atoms. The first-order chi connectivity index (χ1) is 17.2. The van der Waals surface area contributed by atoms with Gasteiger partial charge in [0.05, 0.1) is 12.3 Å². The van der Waals surface area contributed by atoms with Crippen molar-refractivity contribution in [1.29, 1.82) is 0 Å². The van der Waals surface area contributed by atoms with E-state index in [1.807, 2.05) is 38.4 Å². The molecule has 1 aliphatic carbocycles. The van der Waals surface area contributed by atoms with Crippen LogP contribution in [0.15, 0.2) is 34.1 Å². The molecule has 2 aliphatic rings. The zero-order chi connectivity index (χ0) is 26.0. The lowest BCUT2D eigenvalue weighted by atomic mass is 9.91. The minimum absolute atomic E-state index is 0.0812. The van der Waals surface area contributed by atoms with Gasteiger partial charge in [-0.15, -0.1) is 11.3 Å². The van der Waals surface area contributed by atoms with E-state index in [-0.39, 0.29) is 5.69 Å². The van der Waals surface area contributed by atoms with Crippen molar-refractivity contribution in [3.8, 4) is 5.00 Å². The SMILES string of the molecule is CN(C)CCn1nc2n(c1=O)-c1sc3c(c1C(c1ccccc1Cl)=NC2)CCCC3.O=C(O)C(=O)O. The number of fused-ring (bicyclic) bond motifs is 5. The lowest BCUT2D eigenvalue weighted by Gasteiger charge is -2.15. The van der Waals surface area contributed by atoms with Gasteiger partial charge >= 0.3 is 17.6 Å². The zero-order valence-corrected chi connectivity index (χ0v) is 21.5. The van der Waals surface area contributed by atoms with Gasteiger partial charge in [-0.25, -0.2) is 23.6 Å². The number of hydrogen-bond donors (Lipinski definition) is 2. The molecule has 0 saturated carbocycles. The van der Waals surface area contributed by atoms with E-state index in [2.05, 4.69) is 10.00 Å². The van der Waals surface area contributed by atoms with Gasteiger partial charge in [-0.3, -0.25) is 4.99 Å². The smallest absolute Gasteiger partial charge is 0.414 e. The van der Waals surface area contributed by atoms with E-state index in [1.165, 1.54) is 16.9 Å². The van der Waals surface area contributed by atoms with Gasteiger partial charge in [0, 0.05) is 27.6 Å². The van der Waals surface area contributed by atoms with Crippen LogP contribution in [0.4, 0.5) is 0 Å². The maximum Gasteiger partial charge on any atom is 0.414 e. The molecule has 0 bridgehead atoms. The van der Waals surface area contributed by atoms with Crippen molar-refractivity contribution in [2.24, 2.45) is 4.99 Å². The molecule has 3 aromatic rings. The minimum atomic E-state index is -1.82. The lowest BCUT2D eigenvalue weighted by Crippen LogP contribution is -2.29. The number of thiophene rings is 1. The number of hydrogen-bond acceptors (Lipinski definition) is 7. The second-order valence-electron chi connectivity index (χ2n) is 8.71. The number of carboxylic acid groups (broad SMARTS) is 2. The van der Waals surface area contributed by atoms with Gasteiger partial charge in [0.1, 0.15) is 11.5 Å². The summed E-state index contributed by atoms with van der Waals surface area (Å²) in [5, 5.41) is 21.1. The Balaban J connectivity index is 0.000000455. The molecule has 190 valence electrons. The van der Waals surface area contributed by atoms with Crippen LogP contribution in [0, 0.1) is 0 Å². The first-order valence-corrected chi connectivity index (χ1v) is 12.6. The molecule has 3 heterocycles. The van der Waals surface area contributed by atoms with Crippen molar-refractivity contribution < 1.29 is 19.8 Å². The summed E-state index contributed by atoms with van der Waals surface area (Å²) >= 11 is 8.30. The van der Waals surface area contributed by atoms with Crippen LogP contribution in [0.5, 0.6) is 0 Å². The molecule has 12 heteroatoms. The van der Waals surface area contributed by atoms with Crippen molar-refractivity contribution in [2.45, 2.75) is 38.8 Å². The number of carbonyl (C=O) groups is 2. The predicted octanol–water partition coefficient (Wildman–Crippen LogP) is 2.70. The van der Waals surface area contributed by atoms with Crippen LogP contribution in [-0.2, 0) is 35.5 Å². The number of aliphatic imine (C=N–C) groups is 1. The fourth-order valence-corrected chi connectivity index (χ4v) is 5.88. The second kappa shape index (κ2) is 10.8. The Morgan fingerprint density at radius 1 is 1.14 bits per heavy atom. The van der Waals surface area contributed by atoms with Crippen LogP contribution in [-0.4, -0.2) is 67.8 Å². The fourth-order valence-electron chi connectivity index (χ4n) is 4.25. The molecule has 2 aromatic heterocycles. The second-order valence-corrected chi connectivity index (χ2v) is 10.2. The van der Waals surface area contributed by atoms with E-state index in [9.17, 15) is 4.79 Å². The summed E-state index contributed by atoms with van der Waals surface area (Å²) in [6, 6.07) is 7.83. The average Bonchev–Trinajstić information content (AvgIpc) is 3.31. The highest BCUT2D eigenvalue weighted by molar-refractivity contribution is 7.15. The van der Waals surface area contributed by atoms with Crippen LogP contribution in [0.25, 0.3) is 5.00 Å². The summed E-state index contributed by atoms with van der Waals surface area (Å²) in [5.41, 5.74) is 4.14. The van der Waals surface area contributed by atoms with Crippen molar-refractivity contribution in [3.05, 3.63) is 67.2 Å². The molecule has 0 fully saturated rings. The third-order valence-corrected chi connectivity index (χ3v) is 7.56. The summed E-state index contributed by atoms with van der Waals surface area (Å²) in [5.74, 6) is -2.95. The highest BCUT2D eigenvalue weighted by Crippen LogP contribution is 2.40. The molecule has 5 rings (SSSR count). The number of halogens is 1. The number of aliphatic carboxylic acids is 2. The average molecular weight is 532 g/mol. The van der Waals surface area contributed by atoms with Gasteiger partial charge in [0.2, 0.25) is 0 Å². The van der Waals surface area contributed by atoms with E-state index in [0.717, 1.165) is 47.6 Å². The highest BCUT2D eigenvalue weighted by atomic mass is 35.5. The first-order valence-electron chi connectivity index (χ1n) is 11.4. The minimum Gasteiger partial charge on any atom is -0.473 e. The Bertz CT molecular complexity index is 1390. The van der Waals surface area contributed by atoms with Crippen LogP contribution >= 0.6 is 22.9 Å². The van der Waals surface area contributed by atoms with Crippen LogP contribution in [0.2, 0.25) is 5.02 Å². The topological polar surface area (TPSA) is 130 Å². The Morgan fingerprint density at radius 2 is 1.83 bits per heavy atom. The van der Waals surface area contributed by atoms with Crippen molar-refractivity contribution >= 4 is 40.6 Å². The van der Waals surface area contributed by atoms with Crippen LogP contribution in [0.1, 0.15) is 40.2 Å². The fraction of sp³-hybridized carbons (Fsp3) is 0.375. The third-order valence-electron chi connectivity index (χ3n) is 5.95. The van der Waals surface area contributed by atoms with Gasteiger partial charge < -0.3 is 15.1 Å².